The molecule has 0 aliphatic carbocycles. The van der Waals surface area contributed by atoms with E-state index in [4.69, 9.17) is 18.6 Å². The molecule has 1 amide bonds. The molecule has 2 aliphatic heterocycles. The summed E-state index contributed by atoms with van der Waals surface area (Å²) in [6, 6.07) is 15.2. The molecule has 0 N–H and O–H groups in total. The van der Waals surface area contributed by atoms with Gasteiger partial charge in [0.25, 0.3) is 5.91 Å². The fourth-order valence-corrected chi connectivity index (χ4v) is 4.47. The highest BCUT2D eigenvalue weighted by Crippen LogP contribution is 2.28. The number of rotatable bonds is 3. The maximum atomic E-state index is 13.0. The number of benzene rings is 2. The van der Waals surface area contributed by atoms with Crippen molar-refractivity contribution in [3.05, 3.63) is 72.8 Å². The van der Waals surface area contributed by atoms with Crippen LogP contribution >= 0.6 is 0 Å². The number of carbonyl (C=O) groups is 1. The summed E-state index contributed by atoms with van der Waals surface area (Å²) < 4.78 is 23.8. The van der Waals surface area contributed by atoms with Crippen LogP contribution < -0.4 is 4.74 Å². The molecule has 2 aliphatic rings. The molecule has 7 heteroatoms. The number of fused-ring (bicyclic) bond motifs is 3. The first-order valence-electron chi connectivity index (χ1n) is 10.7. The van der Waals surface area contributed by atoms with Crippen molar-refractivity contribution < 1.29 is 23.4 Å². The minimum Gasteiger partial charge on any atom is -0.485 e. The third kappa shape index (κ3) is 3.49. The fraction of sp³-hybridized carbons (Fsp3) is 0.280. The fourth-order valence-electron chi connectivity index (χ4n) is 4.47. The van der Waals surface area contributed by atoms with Crippen LogP contribution in [0, 0.1) is 0 Å². The van der Waals surface area contributed by atoms with E-state index in [1.807, 2.05) is 48.7 Å². The highest BCUT2D eigenvalue weighted by molar-refractivity contribution is 5.98. The highest BCUT2D eigenvalue weighted by Gasteiger charge is 2.40. The van der Waals surface area contributed by atoms with E-state index < -0.39 is 0 Å². The van der Waals surface area contributed by atoms with E-state index in [1.165, 1.54) is 0 Å². The number of aromatic nitrogens is 1. The van der Waals surface area contributed by atoms with Crippen molar-refractivity contribution >= 4 is 27.6 Å². The van der Waals surface area contributed by atoms with Gasteiger partial charge in [-0.1, -0.05) is 12.1 Å². The molecule has 4 heterocycles. The lowest BCUT2D eigenvalue weighted by Crippen LogP contribution is -2.32. The molecule has 2 atom stereocenters. The molecular weight excluding hydrogens is 408 g/mol. The van der Waals surface area contributed by atoms with Gasteiger partial charge in [0, 0.05) is 47.2 Å². The van der Waals surface area contributed by atoms with E-state index in [1.54, 1.807) is 23.4 Å². The average molecular weight is 430 g/mol. The van der Waals surface area contributed by atoms with Gasteiger partial charge in [-0.05, 0) is 36.4 Å². The summed E-state index contributed by atoms with van der Waals surface area (Å²) in [4.78, 5) is 19.0. The van der Waals surface area contributed by atoms with Gasteiger partial charge < -0.3 is 23.5 Å². The molecule has 32 heavy (non-hydrogen) atoms. The van der Waals surface area contributed by atoms with Crippen molar-refractivity contribution in [3.63, 3.8) is 0 Å². The lowest BCUT2D eigenvalue weighted by atomic mass is 10.1. The van der Waals surface area contributed by atoms with Crippen LogP contribution in [0.3, 0.4) is 0 Å². The van der Waals surface area contributed by atoms with Crippen molar-refractivity contribution in [1.29, 1.82) is 0 Å². The standard InChI is InChI=1S/C25H22N2O5/c28-25(17-4-5-21-16(10-17)7-9-29-21)27-12-23-24(13-27)31-15-19(14-30-23)32-22-3-1-2-18-11-26-8-6-20(18)22/h1-11,19,23-24H,12-15H2/t23-,24-/m0/s1. The Labute approximate surface area is 184 Å². The zero-order chi connectivity index (χ0) is 21.5. The summed E-state index contributed by atoms with van der Waals surface area (Å²) in [6.07, 6.45) is 4.66. The first-order chi connectivity index (χ1) is 15.7. The Bertz CT molecular complexity index is 1260. The number of pyridine rings is 1. The first-order valence-corrected chi connectivity index (χ1v) is 10.7. The maximum Gasteiger partial charge on any atom is 0.254 e. The number of ether oxygens (including phenoxy) is 3. The predicted octanol–water partition coefficient (Wildman–Crippen LogP) is 3.67. The Morgan fingerprint density at radius 2 is 1.84 bits per heavy atom. The second-order valence-corrected chi connectivity index (χ2v) is 8.22. The Hall–Kier alpha value is -3.42. The second-order valence-electron chi connectivity index (χ2n) is 8.22. The van der Waals surface area contributed by atoms with Gasteiger partial charge in [-0.3, -0.25) is 9.78 Å². The predicted molar refractivity (Wildman–Crippen MR) is 118 cm³/mol. The third-order valence-electron chi connectivity index (χ3n) is 6.13. The van der Waals surface area contributed by atoms with E-state index in [2.05, 4.69) is 4.98 Å². The second kappa shape index (κ2) is 7.93. The highest BCUT2D eigenvalue weighted by atomic mass is 16.6. The number of amides is 1. The molecule has 2 fully saturated rings. The Kier molecular flexibility index (Phi) is 4.78. The molecule has 0 radical (unpaired) electrons. The van der Waals surface area contributed by atoms with Crippen molar-refractivity contribution in [2.45, 2.75) is 18.3 Å². The van der Waals surface area contributed by atoms with Gasteiger partial charge in [-0.25, -0.2) is 0 Å². The molecule has 2 saturated heterocycles. The zero-order valence-electron chi connectivity index (χ0n) is 17.3. The van der Waals surface area contributed by atoms with E-state index in [0.717, 1.165) is 27.5 Å². The van der Waals surface area contributed by atoms with E-state index in [-0.39, 0.29) is 24.2 Å². The van der Waals surface area contributed by atoms with Crippen LogP contribution in [0.2, 0.25) is 0 Å². The molecule has 2 aromatic carbocycles. The SMILES string of the molecule is O=C(c1ccc2occc2c1)N1C[C@@H]2OCC(Oc3cccc4cnccc34)CO[C@H]2C1. The molecule has 7 nitrogen and oxygen atoms in total. The van der Waals surface area contributed by atoms with Crippen LogP contribution in [0.5, 0.6) is 5.75 Å². The molecule has 6 rings (SSSR count). The number of hydrogen-bond acceptors (Lipinski definition) is 6. The van der Waals surface area contributed by atoms with Crippen molar-refractivity contribution in [2.75, 3.05) is 26.3 Å². The van der Waals surface area contributed by atoms with Gasteiger partial charge in [0.2, 0.25) is 0 Å². The molecular formula is C25H22N2O5. The van der Waals surface area contributed by atoms with Gasteiger partial charge in [-0.15, -0.1) is 0 Å². The molecule has 0 saturated carbocycles. The zero-order valence-corrected chi connectivity index (χ0v) is 17.3. The maximum absolute atomic E-state index is 13.0. The van der Waals surface area contributed by atoms with Crippen LogP contribution in [-0.2, 0) is 9.47 Å². The summed E-state index contributed by atoms with van der Waals surface area (Å²) in [5, 5.41) is 2.96. The topological polar surface area (TPSA) is 74.0 Å². The first kappa shape index (κ1) is 19.3. The number of carbonyl (C=O) groups excluding carboxylic acids is 1. The minimum absolute atomic E-state index is 0.0226. The van der Waals surface area contributed by atoms with Crippen LogP contribution in [0.15, 0.2) is 71.6 Å². The van der Waals surface area contributed by atoms with E-state index in [0.29, 0.717) is 31.9 Å². The van der Waals surface area contributed by atoms with Crippen molar-refractivity contribution in [2.24, 2.45) is 0 Å². The number of hydrogen-bond donors (Lipinski definition) is 0. The number of furan rings is 1. The van der Waals surface area contributed by atoms with Gasteiger partial charge in [0.1, 0.15) is 29.6 Å². The van der Waals surface area contributed by atoms with Crippen LogP contribution in [0.25, 0.3) is 21.7 Å². The van der Waals surface area contributed by atoms with Gasteiger partial charge in [0.15, 0.2) is 0 Å². The number of nitrogens with zero attached hydrogens (tertiary/aromatic N) is 2. The largest absolute Gasteiger partial charge is 0.485 e. The Morgan fingerprint density at radius 3 is 2.69 bits per heavy atom. The molecule has 0 bridgehead atoms. The third-order valence-corrected chi connectivity index (χ3v) is 6.13. The van der Waals surface area contributed by atoms with Crippen LogP contribution in [0.4, 0.5) is 0 Å². The average Bonchev–Trinajstić information content (AvgIpc) is 3.42. The summed E-state index contributed by atoms with van der Waals surface area (Å²) in [5.41, 5.74) is 1.41. The quantitative estimate of drug-likeness (QED) is 0.494. The lowest BCUT2D eigenvalue weighted by molar-refractivity contribution is -0.00461. The van der Waals surface area contributed by atoms with Crippen molar-refractivity contribution in [3.8, 4) is 5.75 Å². The minimum atomic E-state index is -0.216. The van der Waals surface area contributed by atoms with Gasteiger partial charge in [-0.2, -0.15) is 0 Å². The molecule has 162 valence electrons. The van der Waals surface area contributed by atoms with Crippen LogP contribution in [-0.4, -0.2) is 60.4 Å². The van der Waals surface area contributed by atoms with Crippen molar-refractivity contribution in [1.82, 2.24) is 9.88 Å². The lowest BCUT2D eigenvalue weighted by Gasteiger charge is -2.20. The van der Waals surface area contributed by atoms with Crippen LogP contribution in [0.1, 0.15) is 10.4 Å². The monoisotopic (exact) mass is 430 g/mol. The Morgan fingerprint density at radius 1 is 1.00 bits per heavy atom. The van der Waals surface area contributed by atoms with Gasteiger partial charge in [0.05, 0.1) is 19.5 Å². The molecule has 0 unspecified atom stereocenters. The normalized spacial score (nSPS) is 21.6. The summed E-state index contributed by atoms with van der Waals surface area (Å²) >= 11 is 0. The Balaban J connectivity index is 1.12. The summed E-state index contributed by atoms with van der Waals surface area (Å²) in [7, 11) is 0. The molecule has 4 aromatic rings. The van der Waals surface area contributed by atoms with E-state index >= 15 is 0 Å². The molecule has 0 spiro atoms. The summed E-state index contributed by atoms with van der Waals surface area (Å²) in [6.45, 7) is 1.82. The van der Waals surface area contributed by atoms with E-state index in [9.17, 15) is 4.79 Å². The smallest absolute Gasteiger partial charge is 0.254 e. The number of likely N-dealkylation sites (tertiary alicyclic amines) is 1. The molecule has 2 aromatic heterocycles. The van der Waals surface area contributed by atoms with Gasteiger partial charge >= 0.3 is 0 Å². The summed E-state index contributed by atoms with van der Waals surface area (Å²) in [5.74, 6) is 0.770.